The van der Waals surface area contributed by atoms with Gasteiger partial charge in [0.2, 0.25) is 11.8 Å². The molecule has 1 aromatic rings. The summed E-state index contributed by atoms with van der Waals surface area (Å²) < 4.78 is 0. The van der Waals surface area contributed by atoms with Crippen molar-refractivity contribution < 1.29 is 9.59 Å². The molecule has 1 saturated heterocycles. The van der Waals surface area contributed by atoms with Crippen LogP contribution in [-0.2, 0) is 9.59 Å². The number of unbranched alkanes of at least 4 members (excludes halogenated alkanes) is 2. The van der Waals surface area contributed by atoms with E-state index < -0.39 is 0 Å². The molecular weight excluding hydrogens is 346 g/mol. The number of amides is 2. The Bertz CT molecular complexity index is 666. The number of likely N-dealkylation sites (tertiary alicyclic amines) is 1. The first-order valence-electron chi connectivity index (χ1n) is 10.9. The first-order valence-corrected chi connectivity index (χ1v) is 10.9. The predicted molar refractivity (Wildman–Crippen MR) is 116 cm³/mol. The Hall–Kier alpha value is -1.64. The lowest BCUT2D eigenvalue weighted by atomic mass is 9.65. The van der Waals surface area contributed by atoms with Gasteiger partial charge < -0.3 is 0 Å². The fourth-order valence-corrected chi connectivity index (χ4v) is 4.62. The van der Waals surface area contributed by atoms with Gasteiger partial charge in [0.25, 0.3) is 0 Å². The molecule has 3 unspecified atom stereocenters. The summed E-state index contributed by atoms with van der Waals surface area (Å²) >= 11 is 0. The molecule has 1 fully saturated rings. The molecule has 2 rings (SSSR count). The molecule has 28 heavy (non-hydrogen) atoms. The van der Waals surface area contributed by atoms with Crippen LogP contribution in [0.5, 0.6) is 0 Å². The largest absolute Gasteiger partial charge is 0.282 e. The summed E-state index contributed by atoms with van der Waals surface area (Å²) in [6.45, 7) is 15.7. The highest BCUT2D eigenvalue weighted by atomic mass is 16.2. The van der Waals surface area contributed by atoms with Crippen molar-refractivity contribution >= 4 is 11.8 Å². The maximum Gasteiger partial charge on any atom is 0.233 e. The van der Waals surface area contributed by atoms with Crippen LogP contribution in [-0.4, -0.2) is 23.3 Å². The van der Waals surface area contributed by atoms with Gasteiger partial charge in [0, 0.05) is 6.54 Å². The topological polar surface area (TPSA) is 37.4 Å². The van der Waals surface area contributed by atoms with Gasteiger partial charge in [-0.1, -0.05) is 91.6 Å². The van der Waals surface area contributed by atoms with E-state index in [1.165, 1.54) is 5.56 Å². The highest BCUT2D eigenvalue weighted by Gasteiger charge is 2.55. The lowest BCUT2D eigenvalue weighted by molar-refractivity contribution is -0.140. The normalized spacial score (nSPS) is 22.0. The number of hydrogen-bond donors (Lipinski definition) is 0. The maximum atomic E-state index is 13.6. The van der Waals surface area contributed by atoms with E-state index in [1.807, 2.05) is 18.2 Å². The predicted octanol–water partition coefficient (Wildman–Crippen LogP) is 6.04. The molecule has 0 spiro atoms. The van der Waals surface area contributed by atoms with Crippen molar-refractivity contribution in [3.63, 3.8) is 0 Å². The SMILES string of the molecule is CCCCCN1C(=O)C(C(CC(C)(C)C)c2ccccc2)C(C(C)(C)C)C1=O. The van der Waals surface area contributed by atoms with Crippen molar-refractivity contribution in [3.8, 4) is 0 Å². The highest BCUT2D eigenvalue weighted by Crippen LogP contribution is 2.49. The van der Waals surface area contributed by atoms with Gasteiger partial charge in [0.15, 0.2) is 0 Å². The molecule has 2 amide bonds. The molecule has 3 heteroatoms. The van der Waals surface area contributed by atoms with Gasteiger partial charge in [-0.05, 0) is 35.2 Å². The smallest absolute Gasteiger partial charge is 0.233 e. The summed E-state index contributed by atoms with van der Waals surface area (Å²) in [6, 6.07) is 10.3. The standard InChI is InChI=1S/C25H39NO2/c1-8-9-13-16-26-22(27)20(21(23(26)28)25(5,6)7)19(17-24(2,3)4)18-14-11-10-12-15-18/h10-12,14-15,19-21H,8-9,13,16-17H2,1-7H3. The lowest BCUT2D eigenvalue weighted by Gasteiger charge is -2.36. The molecule has 3 atom stereocenters. The number of benzene rings is 1. The van der Waals surface area contributed by atoms with Crippen LogP contribution in [0.1, 0.15) is 85.6 Å². The van der Waals surface area contributed by atoms with E-state index in [0.29, 0.717) is 6.54 Å². The van der Waals surface area contributed by atoms with E-state index in [9.17, 15) is 9.59 Å². The molecule has 1 aliphatic heterocycles. The third-order valence-corrected chi connectivity index (χ3v) is 5.85. The molecule has 3 nitrogen and oxygen atoms in total. The first kappa shape index (κ1) is 22.6. The van der Waals surface area contributed by atoms with Crippen molar-refractivity contribution in [1.82, 2.24) is 4.90 Å². The summed E-state index contributed by atoms with van der Waals surface area (Å²) in [7, 11) is 0. The van der Waals surface area contributed by atoms with Crippen LogP contribution in [0.3, 0.4) is 0 Å². The maximum absolute atomic E-state index is 13.6. The minimum Gasteiger partial charge on any atom is -0.282 e. The van der Waals surface area contributed by atoms with Gasteiger partial charge in [0.05, 0.1) is 11.8 Å². The fourth-order valence-electron chi connectivity index (χ4n) is 4.62. The highest BCUT2D eigenvalue weighted by molar-refractivity contribution is 6.06. The average Bonchev–Trinajstić information content (AvgIpc) is 2.84. The quantitative estimate of drug-likeness (QED) is 0.423. The second-order valence-electron chi connectivity index (χ2n) is 10.7. The van der Waals surface area contributed by atoms with Crippen molar-refractivity contribution in [2.45, 2.75) is 80.1 Å². The van der Waals surface area contributed by atoms with Crippen LogP contribution in [0.4, 0.5) is 0 Å². The van der Waals surface area contributed by atoms with Gasteiger partial charge >= 0.3 is 0 Å². The number of rotatable bonds is 7. The van der Waals surface area contributed by atoms with E-state index in [4.69, 9.17) is 0 Å². The summed E-state index contributed by atoms with van der Waals surface area (Å²) in [6.07, 6.45) is 3.91. The van der Waals surface area contributed by atoms with Crippen molar-refractivity contribution in [1.29, 1.82) is 0 Å². The number of nitrogens with zero attached hydrogens (tertiary/aromatic N) is 1. The van der Waals surface area contributed by atoms with Crippen molar-refractivity contribution in [3.05, 3.63) is 35.9 Å². The molecule has 0 saturated carbocycles. The molecule has 156 valence electrons. The third kappa shape index (κ3) is 5.24. The first-order chi connectivity index (χ1) is 13.0. The van der Waals surface area contributed by atoms with Gasteiger partial charge in [-0.2, -0.15) is 0 Å². The minimum atomic E-state index is -0.282. The molecule has 1 aliphatic rings. The van der Waals surface area contributed by atoms with Gasteiger partial charge in [0.1, 0.15) is 0 Å². The molecule has 0 aromatic heterocycles. The number of hydrogen-bond acceptors (Lipinski definition) is 2. The van der Waals surface area contributed by atoms with E-state index in [-0.39, 0.29) is 40.4 Å². The van der Waals surface area contributed by atoms with Crippen molar-refractivity contribution in [2.24, 2.45) is 22.7 Å². The molecule has 0 N–H and O–H groups in total. The zero-order chi connectivity index (χ0) is 21.1. The van der Waals surface area contributed by atoms with Gasteiger partial charge in [-0.15, -0.1) is 0 Å². The zero-order valence-electron chi connectivity index (χ0n) is 18.9. The fraction of sp³-hybridized carbons (Fsp3) is 0.680. The Morgan fingerprint density at radius 2 is 1.54 bits per heavy atom. The number of carbonyl (C=O) groups excluding carboxylic acids is 2. The van der Waals surface area contributed by atoms with Gasteiger partial charge in [-0.3, -0.25) is 14.5 Å². The van der Waals surface area contributed by atoms with Crippen molar-refractivity contribution in [2.75, 3.05) is 6.54 Å². The lowest BCUT2D eigenvalue weighted by Crippen LogP contribution is -2.36. The summed E-state index contributed by atoms with van der Waals surface area (Å²) in [5.41, 5.74) is 0.997. The molecule has 0 radical (unpaired) electrons. The van der Waals surface area contributed by atoms with E-state index in [0.717, 1.165) is 25.7 Å². The number of imide groups is 1. The number of carbonyl (C=O) groups is 2. The Morgan fingerprint density at radius 1 is 0.929 bits per heavy atom. The van der Waals surface area contributed by atoms with Gasteiger partial charge in [-0.25, -0.2) is 0 Å². The van der Waals surface area contributed by atoms with E-state index in [2.05, 4.69) is 60.6 Å². The van der Waals surface area contributed by atoms with Crippen LogP contribution < -0.4 is 0 Å². The summed E-state index contributed by atoms with van der Waals surface area (Å²) in [4.78, 5) is 28.5. The molecule has 1 aromatic carbocycles. The molecule has 0 bridgehead atoms. The van der Waals surface area contributed by atoms with Crippen LogP contribution in [0.15, 0.2) is 30.3 Å². The van der Waals surface area contributed by atoms with Crippen LogP contribution >= 0.6 is 0 Å². The Labute approximate surface area is 171 Å². The molecule has 1 heterocycles. The zero-order valence-corrected chi connectivity index (χ0v) is 18.9. The second kappa shape index (κ2) is 8.80. The Balaban J connectivity index is 2.48. The minimum absolute atomic E-state index is 0.0356. The molecule has 0 aliphatic carbocycles. The Morgan fingerprint density at radius 3 is 2.04 bits per heavy atom. The second-order valence-corrected chi connectivity index (χ2v) is 10.7. The summed E-state index contributed by atoms with van der Waals surface area (Å²) in [5, 5.41) is 0. The van der Waals surface area contributed by atoms with Crippen LogP contribution in [0.2, 0.25) is 0 Å². The van der Waals surface area contributed by atoms with E-state index >= 15 is 0 Å². The Kier molecular flexibility index (Phi) is 7.12. The summed E-state index contributed by atoms with van der Waals surface area (Å²) in [5.74, 6) is -0.421. The van der Waals surface area contributed by atoms with Crippen LogP contribution in [0.25, 0.3) is 0 Å². The average molecular weight is 386 g/mol. The molecular formula is C25H39NO2. The third-order valence-electron chi connectivity index (χ3n) is 5.85. The monoisotopic (exact) mass is 385 g/mol. The van der Waals surface area contributed by atoms with E-state index in [1.54, 1.807) is 4.90 Å². The van der Waals surface area contributed by atoms with Crippen LogP contribution in [0, 0.1) is 22.7 Å².